The van der Waals surface area contributed by atoms with Gasteiger partial charge in [0.25, 0.3) is 0 Å². The standard InChI is InChI=1S/C14H20N2O7/c1-13(2,3)22-12(20)15-14(11(19)21-4)5-7-8(6-14)23-16-9(7)10(17)18/h7-8H,5-6H2,1-4H3,(H,15,20)(H,17,18)/t7-,8+,14+/m1/s1. The number of oxime groups is 1. The van der Waals surface area contributed by atoms with Gasteiger partial charge in [0.05, 0.1) is 13.0 Å². The molecule has 0 aromatic rings. The second-order valence-electron chi connectivity index (χ2n) is 6.64. The lowest BCUT2D eigenvalue weighted by Gasteiger charge is -2.29. The first-order chi connectivity index (χ1) is 10.6. The molecule has 1 fully saturated rings. The van der Waals surface area contributed by atoms with E-state index in [1.165, 1.54) is 7.11 Å². The molecule has 9 heteroatoms. The van der Waals surface area contributed by atoms with Crippen molar-refractivity contribution in [1.82, 2.24) is 5.32 Å². The van der Waals surface area contributed by atoms with E-state index in [0.29, 0.717) is 0 Å². The van der Waals surface area contributed by atoms with Gasteiger partial charge in [0.15, 0.2) is 5.71 Å². The number of carboxylic acid groups (broad SMARTS) is 1. The Labute approximate surface area is 132 Å². The molecule has 0 saturated heterocycles. The summed E-state index contributed by atoms with van der Waals surface area (Å²) in [6.45, 7) is 5.08. The second kappa shape index (κ2) is 5.71. The topological polar surface area (TPSA) is 124 Å². The number of nitrogens with one attached hydrogen (secondary N) is 1. The van der Waals surface area contributed by atoms with Crippen molar-refractivity contribution in [1.29, 1.82) is 0 Å². The van der Waals surface area contributed by atoms with Gasteiger partial charge in [0.1, 0.15) is 17.2 Å². The van der Waals surface area contributed by atoms with E-state index in [9.17, 15) is 14.4 Å². The van der Waals surface area contributed by atoms with E-state index in [1.807, 2.05) is 0 Å². The first-order valence-electron chi connectivity index (χ1n) is 7.14. The van der Waals surface area contributed by atoms with Crippen molar-refractivity contribution in [2.45, 2.75) is 50.9 Å². The quantitative estimate of drug-likeness (QED) is 0.730. The Kier molecular flexibility index (Phi) is 4.23. The number of carbonyl (C=O) groups is 3. The molecule has 2 rings (SSSR count). The van der Waals surface area contributed by atoms with Gasteiger partial charge in [-0.05, 0) is 27.2 Å². The van der Waals surface area contributed by atoms with Gasteiger partial charge in [-0.15, -0.1) is 0 Å². The highest BCUT2D eigenvalue weighted by Crippen LogP contribution is 2.41. The third-order valence-corrected chi connectivity index (χ3v) is 3.74. The zero-order valence-electron chi connectivity index (χ0n) is 13.4. The minimum atomic E-state index is -1.40. The monoisotopic (exact) mass is 328 g/mol. The maximum absolute atomic E-state index is 12.2. The first-order valence-corrected chi connectivity index (χ1v) is 7.14. The molecule has 3 atom stereocenters. The van der Waals surface area contributed by atoms with E-state index < -0.39 is 41.2 Å². The number of carbonyl (C=O) groups excluding carboxylic acids is 2. The van der Waals surface area contributed by atoms with Crippen LogP contribution in [0, 0.1) is 5.92 Å². The van der Waals surface area contributed by atoms with Crippen LogP contribution in [0.3, 0.4) is 0 Å². The summed E-state index contributed by atoms with van der Waals surface area (Å²) in [6.07, 6.45) is -1.30. The fraction of sp³-hybridized carbons (Fsp3) is 0.714. The summed E-state index contributed by atoms with van der Waals surface area (Å²) in [6, 6.07) is 0. The highest BCUT2D eigenvalue weighted by atomic mass is 16.6. The van der Waals surface area contributed by atoms with Crippen LogP contribution in [0.1, 0.15) is 33.6 Å². The van der Waals surface area contributed by atoms with Gasteiger partial charge in [-0.1, -0.05) is 5.16 Å². The normalized spacial score (nSPS) is 29.1. The van der Waals surface area contributed by atoms with Crippen molar-refractivity contribution >= 4 is 23.7 Å². The van der Waals surface area contributed by atoms with Crippen LogP contribution in [0.15, 0.2) is 5.16 Å². The molecule has 23 heavy (non-hydrogen) atoms. The number of rotatable bonds is 3. The molecule has 0 radical (unpaired) electrons. The van der Waals surface area contributed by atoms with Crippen LogP contribution in [-0.2, 0) is 23.9 Å². The number of methoxy groups -OCH3 is 1. The summed E-state index contributed by atoms with van der Waals surface area (Å²) in [7, 11) is 1.20. The third-order valence-electron chi connectivity index (χ3n) is 3.74. The fourth-order valence-corrected chi connectivity index (χ4v) is 2.86. The lowest BCUT2D eigenvalue weighted by Crippen LogP contribution is -2.55. The van der Waals surface area contributed by atoms with Crippen molar-refractivity contribution in [3.63, 3.8) is 0 Å². The number of nitrogens with zero attached hydrogens (tertiary/aromatic N) is 1. The van der Waals surface area contributed by atoms with Crippen molar-refractivity contribution in [3.05, 3.63) is 0 Å². The number of hydrogen-bond donors (Lipinski definition) is 2. The van der Waals surface area contributed by atoms with Gasteiger partial charge in [-0.3, -0.25) is 0 Å². The summed E-state index contributed by atoms with van der Waals surface area (Å²) in [4.78, 5) is 40.5. The molecule has 1 aliphatic heterocycles. The van der Waals surface area contributed by atoms with Crippen LogP contribution >= 0.6 is 0 Å². The zero-order valence-corrected chi connectivity index (χ0v) is 13.4. The Bertz CT molecular complexity index is 566. The van der Waals surface area contributed by atoms with Gasteiger partial charge < -0.3 is 24.7 Å². The van der Waals surface area contributed by atoms with E-state index in [0.717, 1.165) is 0 Å². The van der Waals surface area contributed by atoms with Gasteiger partial charge in [0, 0.05) is 6.42 Å². The number of hydrogen-bond acceptors (Lipinski definition) is 7. The molecular formula is C14H20N2O7. The van der Waals surface area contributed by atoms with Crippen LogP contribution in [0.25, 0.3) is 0 Å². The Hall–Kier alpha value is -2.32. The zero-order chi connectivity index (χ0) is 17.4. The molecule has 0 aromatic heterocycles. The molecule has 0 bridgehead atoms. The van der Waals surface area contributed by atoms with E-state index in [4.69, 9.17) is 19.4 Å². The Balaban J connectivity index is 2.20. The Morgan fingerprint density at radius 2 is 2.00 bits per heavy atom. The molecule has 0 aromatic carbocycles. The fourth-order valence-electron chi connectivity index (χ4n) is 2.86. The summed E-state index contributed by atoms with van der Waals surface area (Å²) < 4.78 is 9.95. The van der Waals surface area contributed by atoms with Crippen LogP contribution in [0.5, 0.6) is 0 Å². The Morgan fingerprint density at radius 3 is 2.52 bits per heavy atom. The van der Waals surface area contributed by atoms with Gasteiger partial charge in [0.2, 0.25) is 0 Å². The summed E-state index contributed by atoms with van der Waals surface area (Å²) in [5, 5.41) is 15.2. The van der Waals surface area contributed by atoms with E-state index >= 15 is 0 Å². The smallest absolute Gasteiger partial charge is 0.408 e. The number of alkyl carbamates (subject to hydrolysis) is 1. The molecule has 2 aliphatic rings. The van der Waals surface area contributed by atoms with E-state index in [2.05, 4.69) is 10.5 Å². The average Bonchev–Trinajstić information content (AvgIpc) is 2.92. The van der Waals surface area contributed by atoms with Crippen molar-refractivity contribution in [3.8, 4) is 0 Å². The van der Waals surface area contributed by atoms with Crippen LogP contribution in [-0.4, -0.2) is 53.2 Å². The van der Waals surface area contributed by atoms with Crippen molar-refractivity contribution < 1.29 is 33.8 Å². The molecule has 0 unspecified atom stereocenters. The van der Waals surface area contributed by atoms with Gasteiger partial charge in [-0.2, -0.15) is 0 Å². The largest absolute Gasteiger partial charge is 0.477 e. The minimum Gasteiger partial charge on any atom is -0.477 e. The number of fused-ring (bicyclic) bond motifs is 1. The molecule has 9 nitrogen and oxygen atoms in total. The van der Waals surface area contributed by atoms with Gasteiger partial charge >= 0.3 is 18.0 Å². The predicted molar refractivity (Wildman–Crippen MR) is 76.8 cm³/mol. The van der Waals surface area contributed by atoms with Crippen LogP contribution < -0.4 is 5.32 Å². The van der Waals surface area contributed by atoms with Gasteiger partial charge in [-0.25, -0.2) is 14.4 Å². The van der Waals surface area contributed by atoms with Crippen molar-refractivity contribution in [2.24, 2.45) is 11.1 Å². The van der Waals surface area contributed by atoms with E-state index in [1.54, 1.807) is 20.8 Å². The number of ether oxygens (including phenoxy) is 2. The minimum absolute atomic E-state index is 0.0225. The molecule has 1 saturated carbocycles. The molecular weight excluding hydrogens is 308 g/mol. The lowest BCUT2D eigenvalue weighted by molar-refractivity contribution is -0.149. The van der Waals surface area contributed by atoms with Crippen LogP contribution in [0.4, 0.5) is 4.79 Å². The maximum Gasteiger partial charge on any atom is 0.408 e. The summed E-state index contributed by atoms with van der Waals surface area (Å²) >= 11 is 0. The number of carboxylic acids is 1. The second-order valence-corrected chi connectivity index (χ2v) is 6.64. The predicted octanol–water partition coefficient (Wildman–Crippen LogP) is 0.672. The Morgan fingerprint density at radius 1 is 1.35 bits per heavy atom. The number of aliphatic carboxylic acids is 1. The molecule has 128 valence electrons. The first kappa shape index (κ1) is 17.0. The average molecular weight is 328 g/mol. The highest BCUT2D eigenvalue weighted by Gasteiger charge is 2.58. The SMILES string of the molecule is COC(=O)[C@@]1(NC(=O)OC(C)(C)C)C[C@@H]2ON=C(C(=O)O)[C@@H]2C1. The van der Waals surface area contributed by atoms with Crippen molar-refractivity contribution in [2.75, 3.05) is 7.11 Å². The summed E-state index contributed by atoms with van der Waals surface area (Å²) in [5.74, 6) is -2.48. The summed E-state index contributed by atoms with van der Waals surface area (Å²) in [5.41, 5.74) is -2.30. The van der Waals surface area contributed by atoms with E-state index in [-0.39, 0.29) is 18.6 Å². The molecule has 1 aliphatic carbocycles. The third kappa shape index (κ3) is 3.38. The van der Waals surface area contributed by atoms with Crippen LogP contribution in [0.2, 0.25) is 0 Å². The maximum atomic E-state index is 12.2. The highest BCUT2D eigenvalue weighted by molar-refractivity contribution is 6.37. The molecule has 2 N–H and O–H groups in total. The molecule has 1 amide bonds. The molecule has 1 heterocycles. The lowest BCUT2D eigenvalue weighted by atomic mass is 9.94. The number of esters is 1. The number of amides is 1. The molecule has 0 spiro atoms.